The van der Waals surface area contributed by atoms with Crippen molar-refractivity contribution in [3.05, 3.63) is 53.1 Å². The number of benzene rings is 1. The van der Waals surface area contributed by atoms with E-state index in [1.807, 2.05) is 0 Å². The van der Waals surface area contributed by atoms with Gasteiger partial charge in [-0.05, 0) is 30.2 Å². The molecule has 0 saturated heterocycles. The first-order valence-electron chi connectivity index (χ1n) is 8.58. The van der Waals surface area contributed by atoms with E-state index in [2.05, 4.69) is 9.97 Å². The molecular formula is C18H12F10N4. The van der Waals surface area contributed by atoms with Gasteiger partial charge < -0.3 is 10.3 Å². The van der Waals surface area contributed by atoms with E-state index in [1.54, 1.807) is 6.92 Å². The summed E-state index contributed by atoms with van der Waals surface area (Å²) < 4.78 is 133. The van der Waals surface area contributed by atoms with Gasteiger partial charge in [-0.3, -0.25) is 4.98 Å². The molecule has 0 aliphatic heterocycles. The van der Waals surface area contributed by atoms with Gasteiger partial charge in [0.15, 0.2) is 0 Å². The zero-order valence-corrected chi connectivity index (χ0v) is 15.8. The van der Waals surface area contributed by atoms with E-state index >= 15 is 0 Å². The lowest BCUT2D eigenvalue weighted by Crippen LogP contribution is -2.50. The van der Waals surface area contributed by atoms with Crippen LogP contribution in [0, 0.1) is 6.92 Å². The van der Waals surface area contributed by atoms with E-state index < -0.39 is 53.3 Å². The quantitative estimate of drug-likeness (QED) is 0.393. The van der Waals surface area contributed by atoms with Gasteiger partial charge in [-0.1, -0.05) is 12.1 Å². The van der Waals surface area contributed by atoms with Crippen LogP contribution in [0.25, 0.3) is 11.0 Å². The van der Waals surface area contributed by atoms with Crippen molar-refractivity contribution in [1.29, 1.82) is 0 Å². The van der Waals surface area contributed by atoms with Crippen LogP contribution in [0.4, 0.5) is 49.6 Å². The summed E-state index contributed by atoms with van der Waals surface area (Å²) in [7, 11) is 0. The van der Waals surface area contributed by atoms with Crippen LogP contribution in [0.3, 0.4) is 0 Å². The van der Waals surface area contributed by atoms with Gasteiger partial charge in [0.25, 0.3) is 0 Å². The Balaban J connectivity index is 2.22. The number of pyridine rings is 1. The monoisotopic (exact) mass is 474 g/mol. The SMILES string of the molecule is Cc1cc(Cn2c(C(F)(F)F)nc3cc(C(F)(C(F)(F)F)C(F)(F)F)ncc32)ccc1N. The van der Waals surface area contributed by atoms with Gasteiger partial charge in [-0.2, -0.15) is 39.5 Å². The molecule has 2 aromatic heterocycles. The number of imidazole rings is 1. The molecule has 0 unspecified atom stereocenters. The Hall–Kier alpha value is -3.06. The highest BCUT2D eigenvalue weighted by atomic mass is 19.4. The molecule has 0 radical (unpaired) electrons. The summed E-state index contributed by atoms with van der Waals surface area (Å²) in [6.45, 7) is 1.07. The maximum absolute atomic E-state index is 14.3. The number of hydrogen-bond donors (Lipinski definition) is 1. The first-order valence-corrected chi connectivity index (χ1v) is 8.58. The Morgan fingerprint density at radius 2 is 1.50 bits per heavy atom. The lowest BCUT2D eigenvalue weighted by Gasteiger charge is -2.29. The number of nitrogens with two attached hydrogens (primary N) is 1. The van der Waals surface area contributed by atoms with Crippen LogP contribution in [0.2, 0.25) is 0 Å². The van der Waals surface area contributed by atoms with Crippen molar-refractivity contribution in [3.8, 4) is 0 Å². The van der Waals surface area contributed by atoms with Crippen molar-refractivity contribution in [3.63, 3.8) is 0 Å². The molecular weight excluding hydrogens is 462 g/mol. The van der Waals surface area contributed by atoms with E-state index in [9.17, 15) is 43.9 Å². The van der Waals surface area contributed by atoms with Gasteiger partial charge in [0, 0.05) is 12.2 Å². The number of anilines is 1. The maximum Gasteiger partial charge on any atom is 0.449 e. The highest BCUT2D eigenvalue weighted by Crippen LogP contribution is 2.52. The van der Waals surface area contributed by atoms with Crippen molar-refractivity contribution in [2.45, 2.75) is 37.7 Å². The third-order valence-electron chi connectivity index (χ3n) is 4.70. The number of nitrogens with zero attached hydrogens (tertiary/aromatic N) is 3. The van der Waals surface area contributed by atoms with Crippen molar-refractivity contribution >= 4 is 16.7 Å². The minimum atomic E-state index is -6.47. The van der Waals surface area contributed by atoms with Crippen LogP contribution in [0.15, 0.2) is 30.5 Å². The number of nitrogen functional groups attached to an aromatic ring is 1. The van der Waals surface area contributed by atoms with Crippen LogP contribution < -0.4 is 5.73 Å². The Morgan fingerprint density at radius 1 is 0.906 bits per heavy atom. The summed E-state index contributed by atoms with van der Waals surface area (Å²) in [6.07, 6.45) is -17.8. The molecule has 2 N–H and O–H groups in total. The molecule has 14 heteroatoms. The maximum atomic E-state index is 14.3. The third-order valence-corrected chi connectivity index (χ3v) is 4.70. The Morgan fingerprint density at radius 3 is 2.00 bits per heavy atom. The average molecular weight is 474 g/mol. The normalized spacial score (nSPS) is 13.7. The van der Waals surface area contributed by atoms with Crippen molar-refractivity contribution < 1.29 is 43.9 Å². The summed E-state index contributed by atoms with van der Waals surface area (Å²) in [6, 6.07) is 4.16. The van der Waals surface area contributed by atoms with Gasteiger partial charge in [0.2, 0.25) is 5.82 Å². The molecule has 174 valence electrons. The summed E-state index contributed by atoms with van der Waals surface area (Å²) in [5, 5.41) is 0. The molecule has 0 fully saturated rings. The minimum absolute atomic E-state index is 0.0870. The molecule has 1 aromatic carbocycles. The molecule has 2 heterocycles. The van der Waals surface area contributed by atoms with Crippen LogP contribution in [-0.2, 0) is 18.4 Å². The standard InChI is InChI=1S/C18H12F10N4/c1-8-4-9(2-3-10(8)29)7-32-12-6-30-13(5-11(12)31-14(32)16(20,21)22)15(19,17(23,24)25)18(26,27)28/h2-6H,7,29H2,1H3. The fourth-order valence-electron chi connectivity index (χ4n) is 3.06. The van der Waals surface area contributed by atoms with E-state index in [0.717, 1.165) is 0 Å². The van der Waals surface area contributed by atoms with Gasteiger partial charge in [-0.15, -0.1) is 0 Å². The third kappa shape index (κ3) is 3.81. The van der Waals surface area contributed by atoms with Crippen molar-refractivity contribution in [1.82, 2.24) is 14.5 Å². The van der Waals surface area contributed by atoms with E-state index in [4.69, 9.17) is 5.73 Å². The fraction of sp³-hybridized carbons (Fsp3) is 0.333. The Bertz CT molecular complexity index is 1140. The van der Waals surface area contributed by atoms with Crippen molar-refractivity contribution in [2.75, 3.05) is 5.73 Å². The van der Waals surface area contributed by atoms with Crippen LogP contribution in [-0.4, -0.2) is 26.9 Å². The smallest absolute Gasteiger partial charge is 0.399 e. The average Bonchev–Trinajstić information content (AvgIpc) is 3.00. The van der Waals surface area contributed by atoms with Gasteiger partial charge in [0.1, 0.15) is 0 Å². The number of aryl methyl sites for hydroxylation is 1. The van der Waals surface area contributed by atoms with E-state index in [-0.39, 0.29) is 11.6 Å². The summed E-state index contributed by atoms with van der Waals surface area (Å²) in [4.78, 5) is 6.01. The van der Waals surface area contributed by atoms with Crippen LogP contribution in [0.1, 0.15) is 22.6 Å². The number of alkyl halides is 10. The largest absolute Gasteiger partial charge is 0.449 e. The highest BCUT2D eigenvalue weighted by molar-refractivity contribution is 5.76. The number of fused-ring (bicyclic) bond motifs is 1. The molecule has 0 amide bonds. The summed E-state index contributed by atoms with van der Waals surface area (Å²) in [5.74, 6) is -1.61. The van der Waals surface area contributed by atoms with Crippen molar-refractivity contribution in [2.24, 2.45) is 0 Å². The number of halogens is 10. The second-order valence-corrected chi connectivity index (χ2v) is 6.92. The van der Waals surface area contributed by atoms with E-state index in [0.29, 0.717) is 22.0 Å². The molecule has 32 heavy (non-hydrogen) atoms. The first kappa shape index (κ1) is 23.6. The molecule has 3 rings (SSSR count). The second kappa shape index (κ2) is 7.24. The number of rotatable bonds is 3. The Labute approximate surface area is 172 Å². The fourth-order valence-corrected chi connectivity index (χ4v) is 3.06. The summed E-state index contributed by atoms with van der Waals surface area (Å²) >= 11 is 0. The highest BCUT2D eigenvalue weighted by Gasteiger charge is 2.74. The molecule has 0 spiro atoms. The second-order valence-electron chi connectivity index (χ2n) is 6.92. The van der Waals surface area contributed by atoms with Crippen LogP contribution in [0.5, 0.6) is 0 Å². The molecule has 0 aliphatic carbocycles. The molecule has 0 bridgehead atoms. The lowest BCUT2D eigenvalue weighted by molar-refractivity contribution is -0.349. The van der Waals surface area contributed by atoms with Gasteiger partial charge >= 0.3 is 24.2 Å². The molecule has 0 atom stereocenters. The predicted molar refractivity (Wildman–Crippen MR) is 92.1 cm³/mol. The van der Waals surface area contributed by atoms with Gasteiger partial charge in [0.05, 0.1) is 22.9 Å². The number of hydrogen-bond acceptors (Lipinski definition) is 3. The predicted octanol–water partition coefficient (Wildman–Crippen LogP) is 5.68. The summed E-state index contributed by atoms with van der Waals surface area (Å²) in [5.41, 5.74) is -2.73. The minimum Gasteiger partial charge on any atom is -0.399 e. The molecule has 0 saturated carbocycles. The molecule has 0 aliphatic rings. The lowest BCUT2D eigenvalue weighted by atomic mass is 9.99. The zero-order chi connectivity index (χ0) is 24.3. The zero-order valence-electron chi connectivity index (χ0n) is 15.8. The topological polar surface area (TPSA) is 56.7 Å². The number of aromatic nitrogens is 3. The van der Waals surface area contributed by atoms with Gasteiger partial charge in [-0.25, -0.2) is 9.37 Å². The molecule has 4 nitrogen and oxygen atoms in total. The Kier molecular flexibility index (Phi) is 5.34. The van der Waals surface area contributed by atoms with Crippen LogP contribution >= 0.6 is 0 Å². The first-order chi connectivity index (χ1) is 14.5. The molecule has 3 aromatic rings. The van der Waals surface area contributed by atoms with E-state index in [1.165, 1.54) is 18.2 Å².